The second-order valence-electron chi connectivity index (χ2n) is 5.77. The lowest BCUT2D eigenvalue weighted by molar-refractivity contribution is 0.587. The summed E-state index contributed by atoms with van der Waals surface area (Å²) in [5.41, 5.74) is 5.62. The molecule has 2 rings (SSSR count). The Morgan fingerprint density at radius 1 is 0.917 bits per heavy atom. The minimum atomic E-state index is -3.26. The highest BCUT2D eigenvalue weighted by Crippen LogP contribution is 2.13. The zero-order valence-corrected chi connectivity index (χ0v) is 15.9. The van der Waals surface area contributed by atoms with Gasteiger partial charge in [-0.15, -0.1) is 12.4 Å². The third-order valence-electron chi connectivity index (χ3n) is 3.90. The van der Waals surface area contributed by atoms with Crippen molar-refractivity contribution in [1.29, 1.82) is 0 Å². The van der Waals surface area contributed by atoms with Gasteiger partial charge in [0, 0.05) is 13.1 Å². The molecule has 24 heavy (non-hydrogen) atoms. The van der Waals surface area contributed by atoms with Crippen LogP contribution in [0.4, 0.5) is 0 Å². The molecular formula is C18H25ClN2O2S. The van der Waals surface area contributed by atoms with Gasteiger partial charge in [0.15, 0.2) is 0 Å². The van der Waals surface area contributed by atoms with Gasteiger partial charge in [-0.3, -0.25) is 0 Å². The monoisotopic (exact) mass is 368 g/mol. The Morgan fingerprint density at radius 3 is 2.17 bits per heavy atom. The first-order chi connectivity index (χ1) is 10.9. The van der Waals surface area contributed by atoms with Gasteiger partial charge < -0.3 is 5.32 Å². The molecule has 0 bridgehead atoms. The molecule has 4 nitrogen and oxygen atoms in total. The smallest absolute Gasteiger partial charge is 0.215 e. The molecule has 132 valence electrons. The fraction of sp³-hybridized carbons (Fsp3) is 0.333. The van der Waals surface area contributed by atoms with Gasteiger partial charge in [0.25, 0.3) is 0 Å². The van der Waals surface area contributed by atoms with E-state index in [0.717, 1.165) is 17.7 Å². The van der Waals surface area contributed by atoms with Crippen LogP contribution < -0.4 is 10.0 Å². The highest BCUT2D eigenvalue weighted by molar-refractivity contribution is 7.88. The first-order valence-electron chi connectivity index (χ1n) is 7.66. The van der Waals surface area contributed by atoms with Gasteiger partial charge in [-0.1, -0.05) is 48.0 Å². The van der Waals surface area contributed by atoms with E-state index in [1.165, 1.54) is 23.7 Å². The number of sulfonamides is 1. The number of hydrogen-bond acceptors (Lipinski definition) is 3. The molecule has 2 aromatic carbocycles. The predicted molar refractivity (Wildman–Crippen MR) is 102 cm³/mol. The van der Waals surface area contributed by atoms with Crippen molar-refractivity contribution in [1.82, 2.24) is 10.0 Å². The average Bonchev–Trinajstić information content (AvgIpc) is 2.51. The van der Waals surface area contributed by atoms with Crippen LogP contribution in [0.25, 0.3) is 0 Å². The standard InChI is InChI=1S/C18H24N2O2S.ClH/c1-14-8-9-16(15(2)10-14)11-20-12-17-6-4-5-7-18(17)13-23(21,22)19-3;/h4-10,19-20H,11-13H2,1-3H3;1H. The maximum atomic E-state index is 11.8. The summed E-state index contributed by atoms with van der Waals surface area (Å²) in [7, 11) is -1.82. The zero-order chi connectivity index (χ0) is 16.9. The Morgan fingerprint density at radius 2 is 1.54 bits per heavy atom. The maximum absolute atomic E-state index is 11.8. The molecule has 0 saturated heterocycles. The summed E-state index contributed by atoms with van der Waals surface area (Å²) in [4.78, 5) is 0. The Labute approximate surface area is 151 Å². The summed E-state index contributed by atoms with van der Waals surface area (Å²) < 4.78 is 25.9. The van der Waals surface area contributed by atoms with Crippen LogP contribution >= 0.6 is 12.4 Å². The topological polar surface area (TPSA) is 58.2 Å². The lowest BCUT2D eigenvalue weighted by Crippen LogP contribution is -2.22. The van der Waals surface area contributed by atoms with E-state index in [-0.39, 0.29) is 18.2 Å². The molecule has 0 unspecified atom stereocenters. The van der Waals surface area contributed by atoms with Gasteiger partial charge in [-0.25, -0.2) is 13.1 Å². The van der Waals surface area contributed by atoms with E-state index >= 15 is 0 Å². The van der Waals surface area contributed by atoms with Gasteiger partial charge in [-0.2, -0.15) is 0 Å². The van der Waals surface area contributed by atoms with Gasteiger partial charge in [-0.05, 0) is 43.1 Å². The van der Waals surface area contributed by atoms with Crippen molar-refractivity contribution < 1.29 is 8.42 Å². The van der Waals surface area contributed by atoms with Crippen molar-refractivity contribution >= 4 is 22.4 Å². The molecule has 0 aliphatic carbocycles. The summed E-state index contributed by atoms with van der Waals surface area (Å²) >= 11 is 0. The molecule has 0 heterocycles. The Kier molecular flexibility index (Phi) is 7.90. The SMILES string of the molecule is CNS(=O)(=O)Cc1ccccc1CNCc1ccc(C)cc1C.Cl. The summed E-state index contributed by atoms with van der Waals surface area (Å²) in [6.07, 6.45) is 0. The molecule has 2 aromatic rings. The summed E-state index contributed by atoms with van der Waals surface area (Å²) in [6, 6.07) is 14.0. The van der Waals surface area contributed by atoms with E-state index in [2.05, 4.69) is 42.1 Å². The number of benzene rings is 2. The van der Waals surface area contributed by atoms with E-state index in [9.17, 15) is 8.42 Å². The highest BCUT2D eigenvalue weighted by atomic mass is 35.5. The fourth-order valence-corrected chi connectivity index (χ4v) is 3.36. The van der Waals surface area contributed by atoms with Crippen molar-refractivity contribution in [2.24, 2.45) is 0 Å². The first kappa shape index (κ1) is 20.6. The van der Waals surface area contributed by atoms with E-state index in [1.54, 1.807) is 0 Å². The van der Waals surface area contributed by atoms with E-state index in [0.29, 0.717) is 6.54 Å². The molecule has 0 aromatic heterocycles. The van der Waals surface area contributed by atoms with E-state index in [1.807, 2.05) is 24.3 Å². The molecular weight excluding hydrogens is 344 g/mol. The molecule has 0 spiro atoms. The van der Waals surface area contributed by atoms with Crippen molar-refractivity contribution in [2.75, 3.05) is 7.05 Å². The molecule has 0 fully saturated rings. The molecule has 0 aliphatic heterocycles. The number of nitrogens with one attached hydrogen (secondary N) is 2. The normalized spacial score (nSPS) is 11.1. The average molecular weight is 369 g/mol. The minimum Gasteiger partial charge on any atom is -0.309 e. The Hall–Kier alpha value is -1.40. The van der Waals surface area contributed by atoms with Crippen LogP contribution in [0.3, 0.4) is 0 Å². The van der Waals surface area contributed by atoms with Crippen LogP contribution in [-0.2, 0) is 28.9 Å². The summed E-state index contributed by atoms with van der Waals surface area (Å²) in [6.45, 7) is 5.60. The molecule has 0 saturated carbocycles. The van der Waals surface area contributed by atoms with Gasteiger partial charge in [0.1, 0.15) is 0 Å². The predicted octanol–water partition coefficient (Wildman–Crippen LogP) is 3.06. The van der Waals surface area contributed by atoms with Gasteiger partial charge >= 0.3 is 0 Å². The molecule has 0 aliphatic rings. The zero-order valence-electron chi connectivity index (χ0n) is 14.3. The first-order valence-corrected chi connectivity index (χ1v) is 9.31. The fourth-order valence-electron chi connectivity index (χ4n) is 2.52. The van der Waals surface area contributed by atoms with Crippen LogP contribution in [0.2, 0.25) is 0 Å². The number of aryl methyl sites for hydroxylation is 2. The van der Waals surface area contributed by atoms with Crippen LogP contribution in [0.5, 0.6) is 0 Å². The lowest BCUT2D eigenvalue weighted by Gasteiger charge is -2.12. The molecule has 0 atom stereocenters. The number of hydrogen-bond donors (Lipinski definition) is 2. The largest absolute Gasteiger partial charge is 0.309 e. The quantitative estimate of drug-likeness (QED) is 0.789. The number of rotatable bonds is 7. The molecule has 0 radical (unpaired) electrons. The van der Waals surface area contributed by atoms with Gasteiger partial charge in [0.2, 0.25) is 10.0 Å². The second-order valence-corrected chi connectivity index (χ2v) is 7.69. The molecule has 6 heteroatoms. The summed E-state index contributed by atoms with van der Waals surface area (Å²) in [5.74, 6) is 0.00487. The van der Waals surface area contributed by atoms with Crippen LogP contribution in [0.15, 0.2) is 42.5 Å². The minimum absolute atomic E-state index is 0. The molecule has 2 N–H and O–H groups in total. The van der Waals surface area contributed by atoms with E-state index < -0.39 is 10.0 Å². The third-order valence-corrected chi connectivity index (χ3v) is 5.22. The van der Waals surface area contributed by atoms with Crippen molar-refractivity contribution in [3.63, 3.8) is 0 Å². The van der Waals surface area contributed by atoms with Crippen LogP contribution in [0.1, 0.15) is 27.8 Å². The van der Waals surface area contributed by atoms with Crippen molar-refractivity contribution in [2.45, 2.75) is 32.7 Å². The summed E-state index contributed by atoms with van der Waals surface area (Å²) in [5, 5.41) is 3.41. The van der Waals surface area contributed by atoms with Crippen LogP contribution in [0, 0.1) is 13.8 Å². The van der Waals surface area contributed by atoms with Crippen LogP contribution in [-0.4, -0.2) is 15.5 Å². The third kappa shape index (κ3) is 5.91. The lowest BCUT2D eigenvalue weighted by atomic mass is 10.1. The van der Waals surface area contributed by atoms with Gasteiger partial charge in [0.05, 0.1) is 5.75 Å². The molecule has 0 amide bonds. The maximum Gasteiger partial charge on any atom is 0.215 e. The number of halogens is 1. The Balaban J connectivity index is 0.00000288. The van der Waals surface area contributed by atoms with Crippen molar-refractivity contribution in [3.8, 4) is 0 Å². The van der Waals surface area contributed by atoms with Crippen molar-refractivity contribution in [3.05, 3.63) is 70.3 Å². The van der Waals surface area contributed by atoms with E-state index in [4.69, 9.17) is 0 Å². The Bertz CT molecular complexity index is 776. The highest BCUT2D eigenvalue weighted by Gasteiger charge is 2.11. The second kappa shape index (κ2) is 9.18.